The number of anilines is 1. The maximum absolute atomic E-state index is 10.2. The molecule has 21 heavy (non-hydrogen) atoms. The molecule has 1 aromatic carbocycles. The number of hydrogen-bond acceptors (Lipinski definition) is 3. The van der Waals surface area contributed by atoms with Crippen LogP contribution in [0.4, 0.5) is 5.69 Å². The number of hydrogen-bond donors (Lipinski definition) is 2. The Balaban J connectivity index is 1.71. The van der Waals surface area contributed by atoms with Gasteiger partial charge in [-0.3, -0.25) is 0 Å². The van der Waals surface area contributed by atoms with E-state index in [9.17, 15) is 5.11 Å². The summed E-state index contributed by atoms with van der Waals surface area (Å²) < 4.78 is 0. The molecule has 3 nitrogen and oxygen atoms in total. The molecule has 1 unspecified atom stereocenters. The molecule has 1 aromatic rings. The van der Waals surface area contributed by atoms with Crippen LogP contribution in [0.5, 0.6) is 0 Å². The van der Waals surface area contributed by atoms with Crippen molar-refractivity contribution in [2.24, 2.45) is 0 Å². The highest BCUT2D eigenvalue weighted by atomic mass is 16.3. The molecule has 0 radical (unpaired) electrons. The third-order valence-corrected chi connectivity index (χ3v) is 4.14. The van der Waals surface area contributed by atoms with Crippen molar-refractivity contribution in [1.29, 1.82) is 0 Å². The van der Waals surface area contributed by atoms with Crippen LogP contribution in [0.25, 0.3) is 0 Å². The highest BCUT2D eigenvalue weighted by Gasteiger charge is 2.08. The molecule has 3 heteroatoms. The molecular formula is C18H28N2O. The van der Waals surface area contributed by atoms with Gasteiger partial charge in [-0.2, -0.15) is 0 Å². The molecule has 2 N–H and O–H groups in total. The molecule has 1 aliphatic carbocycles. The van der Waals surface area contributed by atoms with Crippen molar-refractivity contribution >= 4 is 5.69 Å². The van der Waals surface area contributed by atoms with Crippen molar-refractivity contribution in [1.82, 2.24) is 5.32 Å². The van der Waals surface area contributed by atoms with E-state index < -0.39 is 6.10 Å². The van der Waals surface area contributed by atoms with E-state index in [1.54, 1.807) is 5.57 Å². The van der Waals surface area contributed by atoms with E-state index in [0.29, 0.717) is 6.54 Å². The van der Waals surface area contributed by atoms with Gasteiger partial charge in [0.15, 0.2) is 0 Å². The van der Waals surface area contributed by atoms with Gasteiger partial charge < -0.3 is 15.3 Å². The van der Waals surface area contributed by atoms with Crippen molar-refractivity contribution in [3.63, 3.8) is 0 Å². The van der Waals surface area contributed by atoms with Crippen LogP contribution in [0.15, 0.2) is 35.9 Å². The van der Waals surface area contributed by atoms with Gasteiger partial charge in [0.1, 0.15) is 0 Å². The summed E-state index contributed by atoms with van der Waals surface area (Å²) in [6, 6.07) is 8.10. The van der Waals surface area contributed by atoms with Crippen LogP contribution in [0, 0.1) is 0 Å². The Morgan fingerprint density at radius 3 is 2.57 bits per heavy atom. The Hall–Kier alpha value is -1.32. The van der Waals surface area contributed by atoms with Gasteiger partial charge >= 0.3 is 0 Å². The molecule has 116 valence electrons. The molecule has 0 saturated carbocycles. The monoisotopic (exact) mass is 288 g/mol. The third kappa shape index (κ3) is 5.18. The fraction of sp³-hybridized carbons (Fsp3) is 0.556. The number of aliphatic hydroxyl groups is 1. The molecule has 0 bridgehead atoms. The number of benzene rings is 1. The van der Waals surface area contributed by atoms with Gasteiger partial charge in [0.2, 0.25) is 0 Å². The van der Waals surface area contributed by atoms with E-state index in [0.717, 1.165) is 24.2 Å². The minimum Gasteiger partial charge on any atom is -0.387 e. The smallest absolute Gasteiger partial charge is 0.0914 e. The summed E-state index contributed by atoms with van der Waals surface area (Å²) in [5, 5.41) is 13.6. The predicted octanol–water partition coefficient (Wildman–Crippen LogP) is 3.27. The molecule has 0 aromatic heterocycles. The second-order valence-corrected chi connectivity index (χ2v) is 6.06. The maximum Gasteiger partial charge on any atom is 0.0914 e. The molecule has 0 saturated heterocycles. The molecule has 0 amide bonds. The molecule has 0 fully saturated rings. The third-order valence-electron chi connectivity index (χ3n) is 4.14. The summed E-state index contributed by atoms with van der Waals surface area (Å²) in [6.07, 6.45) is 8.27. The van der Waals surface area contributed by atoms with Crippen molar-refractivity contribution in [2.75, 3.05) is 32.1 Å². The molecular weight excluding hydrogens is 260 g/mol. The first-order valence-electron chi connectivity index (χ1n) is 8.01. The van der Waals surface area contributed by atoms with E-state index in [1.807, 2.05) is 38.4 Å². The first-order chi connectivity index (χ1) is 10.2. The Kier molecular flexibility index (Phi) is 6.27. The Labute approximate surface area is 128 Å². The first kappa shape index (κ1) is 16.1. The average molecular weight is 288 g/mol. The SMILES string of the molecule is CN(C)c1ccc(C(O)CNCCC2=CCCCC2)cc1. The van der Waals surface area contributed by atoms with E-state index in [2.05, 4.69) is 16.3 Å². The molecule has 1 atom stereocenters. The van der Waals surface area contributed by atoms with Gasteiger partial charge in [0.05, 0.1) is 6.10 Å². The lowest BCUT2D eigenvalue weighted by Crippen LogP contribution is -2.23. The second-order valence-electron chi connectivity index (χ2n) is 6.06. The van der Waals surface area contributed by atoms with Crippen molar-refractivity contribution in [3.8, 4) is 0 Å². The van der Waals surface area contributed by atoms with Crippen LogP contribution in [0.1, 0.15) is 43.8 Å². The summed E-state index contributed by atoms with van der Waals surface area (Å²) in [4.78, 5) is 2.06. The van der Waals surface area contributed by atoms with E-state index in [1.165, 1.54) is 25.7 Å². The Morgan fingerprint density at radius 1 is 1.19 bits per heavy atom. The minimum absolute atomic E-state index is 0.429. The standard InChI is InChI=1S/C18H28N2O/c1-20(2)17-10-8-16(9-11-17)18(21)14-19-13-12-15-6-4-3-5-7-15/h6,8-11,18-19,21H,3-5,7,12-14H2,1-2H3. The maximum atomic E-state index is 10.2. The molecule has 0 heterocycles. The van der Waals surface area contributed by atoms with Crippen LogP contribution in [-0.2, 0) is 0 Å². The van der Waals surface area contributed by atoms with Crippen molar-refractivity contribution in [3.05, 3.63) is 41.5 Å². The Morgan fingerprint density at radius 2 is 1.95 bits per heavy atom. The lowest BCUT2D eigenvalue weighted by molar-refractivity contribution is 0.175. The summed E-state index contributed by atoms with van der Waals surface area (Å²) in [5.74, 6) is 0. The zero-order chi connectivity index (χ0) is 15.1. The van der Waals surface area contributed by atoms with Crippen LogP contribution in [0.3, 0.4) is 0 Å². The quantitative estimate of drug-likeness (QED) is 0.597. The predicted molar refractivity (Wildman–Crippen MR) is 89.8 cm³/mol. The number of nitrogens with one attached hydrogen (secondary N) is 1. The number of nitrogens with zero attached hydrogens (tertiary/aromatic N) is 1. The van der Waals surface area contributed by atoms with Crippen LogP contribution < -0.4 is 10.2 Å². The lowest BCUT2D eigenvalue weighted by atomic mass is 9.97. The summed E-state index contributed by atoms with van der Waals surface area (Å²) in [7, 11) is 4.04. The molecule has 0 spiro atoms. The van der Waals surface area contributed by atoms with E-state index in [4.69, 9.17) is 0 Å². The van der Waals surface area contributed by atoms with Gasteiger partial charge in [0, 0.05) is 26.3 Å². The number of rotatable bonds is 7. The van der Waals surface area contributed by atoms with Gasteiger partial charge in [-0.25, -0.2) is 0 Å². The van der Waals surface area contributed by atoms with Gasteiger partial charge in [0.25, 0.3) is 0 Å². The summed E-state index contributed by atoms with van der Waals surface area (Å²) in [6.45, 7) is 1.58. The van der Waals surface area contributed by atoms with E-state index >= 15 is 0 Å². The van der Waals surface area contributed by atoms with Gasteiger partial charge in [-0.1, -0.05) is 23.8 Å². The number of allylic oxidation sites excluding steroid dienone is 1. The zero-order valence-electron chi connectivity index (χ0n) is 13.3. The van der Waals surface area contributed by atoms with Gasteiger partial charge in [-0.15, -0.1) is 0 Å². The van der Waals surface area contributed by atoms with Crippen LogP contribution in [-0.4, -0.2) is 32.3 Å². The molecule has 0 aliphatic heterocycles. The molecule has 1 aliphatic rings. The molecule has 2 rings (SSSR count). The van der Waals surface area contributed by atoms with Crippen LogP contribution >= 0.6 is 0 Å². The fourth-order valence-corrected chi connectivity index (χ4v) is 2.73. The van der Waals surface area contributed by atoms with Crippen molar-refractivity contribution < 1.29 is 5.11 Å². The largest absolute Gasteiger partial charge is 0.387 e. The fourth-order valence-electron chi connectivity index (χ4n) is 2.73. The van der Waals surface area contributed by atoms with Gasteiger partial charge in [-0.05, 0) is 56.3 Å². The normalized spacial score (nSPS) is 16.4. The highest BCUT2D eigenvalue weighted by molar-refractivity contribution is 5.46. The topological polar surface area (TPSA) is 35.5 Å². The summed E-state index contributed by atoms with van der Waals surface area (Å²) in [5.41, 5.74) is 3.71. The van der Waals surface area contributed by atoms with Crippen LogP contribution in [0.2, 0.25) is 0 Å². The van der Waals surface area contributed by atoms with E-state index in [-0.39, 0.29) is 0 Å². The minimum atomic E-state index is -0.429. The number of aliphatic hydroxyl groups excluding tert-OH is 1. The Bertz CT molecular complexity index is 451. The average Bonchev–Trinajstić information content (AvgIpc) is 2.52. The lowest BCUT2D eigenvalue weighted by Gasteiger charge is -2.16. The summed E-state index contributed by atoms with van der Waals surface area (Å²) >= 11 is 0. The highest BCUT2D eigenvalue weighted by Crippen LogP contribution is 2.20. The van der Waals surface area contributed by atoms with Crippen molar-refractivity contribution in [2.45, 2.75) is 38.2 Å². The zero-order valence-corrected chi connectivity index (χ0v) is 13.3. The second kappa shape index (κ2) is 8.20. The first-order valence-corrected chi connectivity index (χ1v) is 8.01.